The molecule has 0 heterocycles. The molecule has 0 saturated carbocycles. The highest BCUT2D eigenvalue weighted by molar-refractivity contribution is 5.60. The molecule has 0 unspecified atom stereocenters. The van der Waals surface area contributed by atoms with Crippen LogP contribution in [0.4, 0.5) is 0 Å². The van der Waals surface area contributed by atoms with Crippen molar-refractivity contribution in [3.05, 3.63) is 157 Å². The van der Waals surface area contributed by atoms with Crippen molar-refractivity contribution in [3.8, 4) is 11.5 Å². The molecule has 0 amide bonds. The summed E-state index contributed by atoms with van der Waals surface area (Å²) in [6.45, 7) is 7.30. The zero-order valence-electron chi connectivity index (χ0n) is 17.3. The molecule has 0 bridgehead atoms. The molecule has 0 saturated heterocycles. The molecule has 2 heteroatoms. The summed E-state index contributed by atoms with van der Waals surface area (Å²) in [4.78, 5) is 0. The van der Waals surface area contributed by atoms with E-state index in [1.54, 1.807) is 0 Å². The molecule has 0 atom stereocenters. The summed E-state index contributed by atoms with van der Waals surface area (Å²) >= 11 is 0. The van der Waals surface area contributed by atoms with Gasteiger partial charge in [0.2, 0.25) is 0 Å². The minimum atomic E-state index is -0.512. The average molecular weight is 405 g/mol. The molecule has 0 aromatic heterocycles. The van der Waals surface area contributed by atoms with Gasteiger partial charge < -0.3 is 9.47 Å². The zero-order valence-corrected chi connectivity index (χ0v) is 17.3. The summed E-state index contributed by atoms with van der Waals surface area (Å²) < 4.78 is 10.9. The molecule has 0 fully saturated rings. The smallest absolute Gasteiger partial charge is 0.126 e. The van der Waals surface area contributed by atoms with Crippen molar-refractivity contribution >= 4 is 0 Å². The van der Waals surface area contributed by atoms with Gasteiger partial charge in [-0.1, -0.05) is 98.1 Å². The third-order valence-corrected chi connectivity index (χ3v) is 5.43. The lowest BCUT2D eigenvalue weighted by Crippen LogP contribution is -2.30. The first-order valence-electron chi connectivity index (χ1n) is 10.2. The average Bonchev–Trinajstić information content (AvgIpc) is 2.83. The molecule has 2 nitrogen and oxygen atoms in total. The molecular weight excluding hydrogens is 380 g/mol. The van der Waals surface area contributed by atoms with Crippen molar-refractivity contribution in [1.82, 2.24) is 0 Å². The Hall–Kier alpha value is -4.04. The Morgan fingerprint density at radius 2 is 0.774 bits per heavy atom. The van der Waals surface area contributed by atoms with Gasteiger partial charge in [-0.3, -0.25) is 0 Å². The van der Waals surface area contributed by atoms with Gasteiger partial charge in [0.1, 0.15) is 11.5 Å². The van der Waals surface area contributed by atoms with Crippen LogP contribution < -0.4 is 9.47 Å². The Morgan fingerprint density at radius 1 is 0.452 bits per heavy atom. The second kappa shape index (κ2) is 9.19. The van der Waals surface area contributed by atoms with E-state index in [4.69, 9.17) is 9.47 Å². The van der Waals surface area contributed by atoms with Gasteiger partial charge in [0.25, 0.3) is 0 Å². The van der Waals surface area contributed by atoms with Crippen molar-refractivity contribution in [1.29, 1.82) is 0 Å². The normalized spacial score (nSPS) is 10.8. The molecule has 4 aromatic carbocycles. The molecule has 0 N–H and O–H groups in total. The first kappa shape index (κ1) is 20.2. The molecule has 0 spiro atoms. The van der Waals surface area contributed by atoms with E-state index < -0.39 is 5.41 Å². The van der Waals surface area contributed by atoms with Crippen LogP contribution in [0.3, 0.4) is 0 Å². The first-order valence-corrected chi connectivity index (χ1v) is 10.2. The van der Waals surface area contributed by atoms with Crippen LogP contribution >= 0.6 is 0 Å². The van der Waals surface area contributed by atoms with E-state index >= 15 is 0 Å². The van der Waals surface area contributed by atoms with Gasteiger partial charge in [-0.05, 0) is 46.5 Å². The van der Waals surface area contributed by atoms with Gasteiger partial charge in [0.05, 0.1) is 17.9 Å². The van der Waals surface area contributed by atoms with Crippen LogP contribution in [-0.4, -0.2) is 0 Å². The molecule has 152 valence electrons. The van der Waals surface area contributed by atoms with E-state index in [0.717, 1.165) is 22.6 Å². The SMILES string of the molecule is C=COc1ccc(C(c2ccccc2)(c2ccccc2)c2ccc(OC=C)cc2)cc1. The van der Waals surface area contributed by atoms with E-state index in [1.807, 2.05) is 36.4 Å². The van der Waals surface area contributed by atoms with Crippen molar-refractivity contribution in [3.63, 3.8) is 0 Å². The number of rotatable bonds is 8. The number of benzene rings is 4. The van der Waals surface area contributed by atoms with Crippen LogP contribution in [0.5, 0.6) is 11.5 Å². The number of ether oxygens (including phenoxy) is 2. The van der Waals surface area contributed by atoms with Crippen LogP contribution in [0.2, 0.25) is 0 Å². The summed E-state index contributed by atoms with van der Waals surface area (Å²) in [5.74, 6) is 1.51. The maximum atomic E-state index is 5.47. The third kappa shape index (κ3) is 3.88. The number of hydrogen-bond acceptors (Lipinski definition) is 2. The lowest BCUT2D eigenvalue weighted by Gasteiger charge is -2.37. The minimum Gasteiger partial charge on any atom is -0.466 e. The highest BCUT2D eigenvalue weighted by Gasteiger charge is 2.38. The predicted octanol–water partition coefficient (Wildman–Crippen LogP) is 7.11. The third-order valence-electron chi connectivity index (χ3n) is 5.43. The Balaban J connectivity index is 2.01. The molecule has 4 aromatic rings. The van der Waals surface area contributed by atoms with E-state index in [9.17, 15) is 0 Å². The van der Waals surface area contributed by atoms with Crippen LogP contribution in [0.1, 0.15) is 22.3 Å². The van der Waals surface area contributed by atoms with Gasteiger partial charge in [-0.2, -0.15) is 0 Å². The van der Waals surface area contributed by atoms with Gasteiger partial charge in [0.15, 0.2) is 0 Å². The minimum absolute atomic E-state index is 0.512. The second-order valence-electron chi connectivity index (χ2n) is 7.10. The largest absolute Gasteiger partial charge is 0.466 e. The van der Waals surface area contributed by atoms with E-state index in [0.29, 0.717) is 0 Å². The van der Waals surface area contributed by atoms with Crippen molar-refractivity contribution in [2.45, 2.75) is 5.41 Å². The van der Waals surface area contributed by atoms with E-state index in [2.05, 4.69) is 86.0 Å². The highest BCUT2D eigenvalue weighted by Crippen LogP contribution is 2.45. The molecule has 31 heavy (non-hydrogen) atoms. The molecule has 0 aliphatic heterocycles. The molecular formula is C29H24O2. The van der Waals surface area contributed by atoms with Crippen LogP contribution in [0, 0.1) is 0 Å². The summed E-state index contributed by atoms with van der Waals surface area (Å²) in [6.07, 6.45) is 2.88. The van der Waals surface area contributed by atoms with Gasteiger partial charge in [-0.15, -0.1) is 0 Å². The lowest BCUT2D eigenvalue weighted by atomic mass is 9.65. The molecule has 0 aliphatic rings. The topological polar surface area (TPSA) is 18.5 Å². The Kier molecular flexibility index (Phi) is 6.00. The van der Waals surface area contributed by atoms with E-state index in [-0.39, 0.29) is 0 Å². The lowest BCUT2D eigenvalue weighted by molar-refractivity contribution is 0.482. The Morgan fingerprint density at radius 3 is 1.10 bits per heavy atom. The van der Waals surface area contributed by atoms with Crippen LogP contribution in [0.15, 0.2) is 135 Å². The Bertz CT molecular complexity index is 1030. The molecule has 0 aliphatic carbocycles. The fourth-order valence-electron chi connectivity index (χ4n) is 4.14. The second-order valence-corrected chi connectivity index (χ2v) is 7.10. The maximum Gasteiger partial charge on any atom is 0.126 e. The first-order chi connectivity index (χ1) is 15.3. The molecule has 4 rings (SSSR count). The number of hydrogen-bond donors (Lipinski definition) is 0. The highest BCUT2D eigenvalue weighted by atomic mass is 16.5. The Labute approximate surface area is 183 Å². The summed E-state index contributed by atoms with van der Waals surface area (Å²) in [7, 11) is 0. The van der Waals surface area contributed by atoms with Gasteiger partial charge in [0, 0.05) is 0 Å². The van der Waals surface area contributed by atoms with Crippen molar-refractivity contribution in [2.24, 2.45) is 0 Å². The standard InChI is InChI=1S/C29H24O2/c1-3-30-27-19-15-25(16-20-27)29(23-11-7-5-8-12-23,24-13-9-6-10-14-24)26-17-21-28(22-18-26)31-4-2/h3-22H,1-2H2. The fraction of sp³-hybridized carbons (Fsp3) is 0.0345. The fourth-order valence-corrected chi connectivity index (χ4v) is 4.14. The summed E-state index contributed by atoms with van der Waals surface area (Å²) in [5.41, 5.74) is 4.12. The van der Waals surface area contributed by atoms with Gasteiger partial charge >= 0.3 is 0 Å². The van der Waals surface area contributed by atoms with Crippen LogP contribution in [0.25, 0.3) is 0 Å². The summed E-state index contributed by atoms with van der Waals surface area (Å²) in [6, 6.07) is 37.5. The van der Waals surface area contributed by atoms with Crippen molar-refractivity contribution < 1.29 is 9.47 Å². The van der Waals surface area contributed by atoms with Crippen LogP contribution in [-0.2, 0) is 5.41 Å². The van der Waals surface area contributed by atoms with Crippen molar-refractivity contribution in [2.75, 3.05) is 0 Å². The van der Waals surface area contributed by atoms with Gasteiger partial charge in [-0.25, -0.2) is 0 Å². The maximum absolute atomic E-state index is 5.47. The molecule has 0 radical (unpaired) electrons. The monoisotopic (exact) mass is 404 g/mol. The quantitative estimate of drug-likeness (QED) is 0.230. The van der Waals surface area contributed by atoms with E-state index in [1.165, 1.54) is 23.7 Å². The zero-order chi connectivity index (χ0) is 21.5. The predicted molar refractivity (Wildman–Crippen MR) is 126 cm³/mol. The summed E-state index contributed by atoms with van der Waals surface area (Å²) in [5, 5.41) is 0.